The largest absolute Gasteiger partial charge is 0.378 e. The van der Waals surface area contributed by atoms with Crippen LogP contribution < -0.4 is 5.56 Å². The Morgan fingerprint density at radius 1 is 1.05 bits per heavy atom. The molecule has 0 spiro atoms. The molecule has 0 atom stereocenters. The van der Waals surface area contributed by atoms with Crippen molar-refractivity contribution in [3.05, 3.63) is 81.5 Å². The Bertz CT molecular complexity index is 1470. The van der Waals surface area contributed by atoms with Crippen LogP contribution in [0.1, 0.15) is 42.4 Å². The molecule has 10 heteroatoms. The molecule has 1 N–H and O–H groups in total. The number of aromatic nitrogens is 6. The number of ether oxygens (including phenoxy) is 1. The number of carbonyl (C=O) groups excluding carboxylic acids is 1. The summed E-state index contributed by atoms with van der Waals surface area (Å²) in [4.78, 5) is 33.3. The summed E-state index contributed by atoms with van der Waals surface area (Å²) in [7, 11) is 0. The topological polar surface area (TPSA) is 119 Å². The van der Waals surface area contributed by atoms with Crippen LogP contribution >= 0.6 is 0 Å². The Balaban J connectivity index is 1.43. The van der Waals surface area contributed by atoms with Gasteiger partial charge in [-0.2, -0.15) is 5.21 Å². The van der Waals surface area contributed by atoms with E-state index in [4.69, 9.17) is 9.72 Å². The van der Waals surface area contributed by atoms with E-state index in [-0.39, 0.29) is 17.9 Å². The van der Waals surface area contributed by atoms with E-state index < -0.39 is 0 Å². The van der Waals surface area contributed by atoms with Crippen molar-refractivity contribution in [1.82, 2.24) is 35.1 Å². The van der Waals surface area contributed by atoms with E-state index in [1.807, 2.05) is 55.5 Å². The second-order valence-electron chi connectivity index (χ2n) is 9.73. The fourth-order valence-corrected chi connectivity index (χ4v) is 4.90. The molecule has 1 saturated heterocycles. The van der Waals surface area contributed by atoms with Crippen LogP contribution in [0.25, 0.3) is 22.5 Å². The molecular formula is C29H33N7O3. The molecule has 0 aliphatic carbocycles. The summed E-state index contributed by atoms with van der Waals surface area (Å²) in [5.41, 5.74) is 4.83. The highest BCUT2D eigenvalue weighted by molar-refractivity contribution is 5.80. The van der Waals surface area contributed by atoms with Gasteiger partial charge in [0.2, 0.25) is 11.7 Å². The Labute approximate surface area is 227 Å². The minimum atomic E-state index is -0.137. The van der Waals surface area contributed by atoms with E-state index in [9.17, 15) is 9.59 Å². The van der Waals surface area contributed by atoms with Gasteiger partial charge in [0.25, 0.3) is 5.56 Å². The van der Waals surface area contributed by atoms with E-state index in [0.717, 1.165) is 40.9 Å². The highest BCUT2D eigenvalue weighted by Gasteiger charge is 2.22. The van der Waals surface area contributed by atoms with Crippen LogP contribution in [0.3, 0.4) is 0 Å². The molecule has 10 nitrogen and oxygen atoms in total. The van der Waals surface area contributed by atoms with Crippen molar-refractivity contribution in [3.63, 3.8) is 0 Å². The first-order valence-electron chi connectivity index (χ1n) is 13.4. The molecule has 1 aliphatic heterocycles. The van der Waals surface area contributed by atoms with Gasteiger partial charge in [0.05, 0.1) is 26.2 Å². The summed E-state index contributed by atoms with van der Waals surface area (Å²) < 4.78 is 7.11. The monoisotopic (exact) mass is 527 g/mol. The van der Waals surface area contributed by atoms with E-state index in [1.54, 1.807) is 9.47 Å². The number of carbonyl (C=O) groups is 1. The van der Waals surface area contributed by atoms with Crippen molar-refractivity contribution >= 4 is 5.91 Å². The van der Waals surface area contributed by atoms with Crippen LogP contribution in [-0.4, -0.2) is 67.3 Å². The number of unbranched alkanes of at least 4 members (excludes halogenated alkanes) is 1. The smallest absolute Gasteiger partial charge is 0.257 e. The summed E-state index contributed by atoms with van der Waals surface area (Å²) in [6.45, 7) is 6.50. The van der Waals surface area contributed by atoms with Gasteiger partial charge in [0.1, 0.15) is 5.82 Å². The zero-order chi connectivity index (χ0) is 27.2. The molecule has 0 radical (unpaired) electrons. The molecule has 1 fully saturated rings. The maximum Gasteiger partial charge on any atom is 0.257 e. The Morgan fingerprint density at radius 2 is 1.79 bits per heavy atom. The lowest BCUT2D eigenvalue weighted by molar-refractivity contribution is -0.134. The van der Waals surface area contributed by atoms with Crippen molar-refractivity contribution in [2.24, 2.45) is 0 Å². The summed E-state index contributed by atoms with van der Waals surface area (Å²) in [5, 5.41) is 14.5. The molecule has 0 saturated carbocycles. The van der Waals surface area contributed by atoms with Crippen molar-refractivity contribution in [1.29, 1.82) is 0 Å². The predicted molar refractivity (Wildman–Crippen MR) is 147 cm³/mol. The number of benzene rings is 2. The highest BCUT2D eigenvalue weighted by atomic mass is 16.5. The van der Waals surface area contributed by atoms with Gasteiger partial charge in [-0.05, 0) is 35.2 Å². The molecular weight excluding hydrogens is 494 g/mol. The van der Waals surface area contributed by atoms with Crippen molar-refractivity contribution in [2.45, 2.75) is 46.1 Å². The van der Waals surface area contributed by atoms with Gasteiger partial charge in [-0.3, -0.25) is 14.2 Å². The molecule has 4 aromatic rings. The third-order valence-corrected chi connectivity index (χ3v) is 7.11. The number of hydrogen-bond acceptors (Lipinski definition) is 7. The van der Waals surface area contributed by atoms with Crippen LogP contribution in [0.5, 0.6) is 0 Å². The molecule has 2 aromatic carbocycles. The second kappa shape index (κ2) is 12.1. The lowest BCUT2D eigenvalue weighted by atomic mass is 9.98. The quantitative estimate of drug-likeness (QED) is 0.355. The molecule has 5 rings (SSSR count). The molecule has 39 heavy (non-hydrogen) atoms. The number of aromatic amines is 1. The average molecular weight is 528 g/mol. The number of rotatable bonds is 9. The fourth-order valence-electron chi connectivity index (χ4n) is 4.90. The van der Waals surface area contributed by atoms with Gasteiger partial charge in [-0.15, -0.1) is 10.2 Å². The van der Waals surface area contributed by atoms with E-state index in [1.165, 1.54) is 0 Å². The third-order valence-electron chi connectivity index (χ3n) is 7.11. The zero-order valence-corrected chi connectivity index (χ0v) is 22.4. The summed E-state index contributed by atoms with van der Waals surface area (Å²) in [6, 6.07) is 16.0. The third kappa shape index (κ3) is 5.96. The molecule has 2 aromatic heterocycles. The van der Waals surface area contributed by atoms with Crippen LogP contribution in [-0.2, 0) is 28.9 Å². The summed E-state index contributed by atoms with van der Waals surface area (Å²) in [6.07, 6.45) is 2.70. The van der Waals surface area contributed by atoms with Gasteiger partial charge in [-0.1, -0.05) is 61.9 Å². The van der Waals surface area contributed by atoms with Crippen molar-refractivity contribution in [2.75, 3.05) is 26.3 Å². The van der Waals surface area contributed by atoms with Crippen LogP contribution in [0.15, 0.2) is 53.3 Å². The van der Waals surface area contributed by atoms with E-state index in [2.05, 4.69) is 27.5 Å². The first-order valence-corrected chi connectivity index (χ1v) is 13.4. The highest BCUT2D eigenvalue weighted by Crippen LogP contribution is 2.29. The van der Waals surface area contributed by atoms with Gasteiger partial charge in [-0.25, -0.2) is 4.98 Å². The Kier molecular flexibility index (Phi) is 8.21. The van der Waals surface area contributed by atoms with Crippen molar-refractivity contribution in [3.8, 4) is 22.5 Å². The maximum atomic E-state index is 13.8. The number of nitrogens with one attached hydrogen (secondary N) is 1. The SMILES string of the molecule is CCCCc1nc(C)c(CC(=O)N2CCOCC2)c(=O)n1Cc1ccc(-c2ccccc2-c2nn[nH]n2)cc1. The van der Waals surface area contributed by atoms with Gasteiger partial charge in [0, 0.05) is 36.3 Å². The number of hydrogen-bond donors (Lipinski definition) is 1. The average Bonchev–Trinajstić information content (AvgIpc) is 3.52. The standard InChI is InChI=1S/C29H33N7O3/c1-3-4-9-26-30-20(2)25(18-27(37)35-14-16-39-17-15-35)29(38)36(26)19-21-10-12-22(13-11-21)23-7-5-6-8-24(23)28-31-33-34-32-28/h5-8,10-13H,3-4,9,14-19H2,1-2H3,(H,31,32,33,34). The molecule has 202 valence electrons. The van der Waals surface area contributed by atoms with Crippen molar-refractivity contribution < 1.29 is 9.53 Å². The maximum absolute atomic E-state index is 13.8. The first kappa shape index (κ1) is 26.4. The second-order valence-corrected chi connectivity index (χ2v) is 9.73. The summed E-state index contributed by atoms with van der Waals surface area (Å²) in [5.74, 6) is 1.23. The number of nitrogens with zero attached hydrogens (tertiary/aromatic N) is 6. The number of amides is 1. The number of morpholine rings is 1. The van der Waals surface area contributed by atoms with Gasteiger partial charge in [0.15, 0.2) is 0 Å². The van der Waals surface area contributed by atoms with Crippen LogP contribution in [0.4, 0.5) is 0 Å². The number of aryl methyl sites for hydroxylation is 2. The Hall–Kier alpha value is -4.18. The van der Waals surface area contributed by atoms with Crippen LogP contribution in [0, 0.1) is 6.92 Å². The molecule has 1 aliphatic rings. The molecule has 3 heterocycles. The van der Waals surface area contributed by atoms with Crippen LogP contribution in [0.2, 0.25) is 0 Å². The Morgan fingerprint density at radius 3 is 2.49 bits per heavy atom. The number of tetrazole rings is 1. The first-order chi connectivity index (χ1) is 19.0. The predicted octanol–water partition coefficient (Wildman–Crippen LogP) is 3.19. The van der Waals surface area contributed by atoms with Gasteiger partial charge >= 0.3 is 0 Å². The lowest BCUT2D eigenvalue weighted by Gasteiger charge is -2.27. The van der Waals surface area contributed by atoms with E-state index >= 15 is 0 Å². The van der Waals surface area contributed by atoms with Gasteiger partial charge < -0.3 is 9.64 Å². The fraction of sp³-hybridized carbons (Fsp3) is 0.379. The molecule has 1 amide bonds. The lowest BCUT2D eigenvalue weighted by Crippen LogP contribution is -2.42. The molecule has 0 bridgehead atoms. The number of H-pyrrole nitrogens is 1. The minimum Gasteiger partial charge on any atom is -0.378 e. The summed E-state index contributed by atoms with van der Waals surface area (Å²) >= 11 is 0. The molecule has 0 unspecified atom stereocenters. The minimum absolute atomic E-state index is 0.0531. The normalized spacial score (nSPS) is 13.5. The zero-order valence-electron chi connectivity index (χ0n) is 22.4. The van der Waals surface area contributed by atoms with E-state index in [0.29, 0.717) is 56.4 Å².